The average Bonchev–Trinajstić information content (AvgIpc) is 3.18. The molecule has 0 radical (unpaired) electrons. The number of guanidine groups is 1. The molecule has 3 aliphatic heterocycles. The van der Waals surface area contributed by atoms with E-state index >= 15 is 0 Å². The van der Waals surface area contributed by atoms with Gasteiger partial charge in [-0.1, -0.05) is 12.1 Å². The molecule has 9 nitrogen and oxygen atoms in total. The molecule has 152 valence electrons. The van der Waals surface area contributed by atoms with E-state index in [4.69, 9.17) is 9.73 Å². The molecule has 1 aromatic carbocycles. The van der Waals surface area contributed by atoms with Crippen molar-refractivity contribution in [1.82, 2.24) is 14.7 Å². The Labute approximate surface area is 168 Å². The Morgan fingerprint density at radius 1 is 1.24 bits per heavy atom. The number of fused-ring (bicyclic) bond motifs is 3. The normalized spacial score (nSPS) is 23.2. The van der Waals surface area contributed by atoms with Crippen molar-refractivity contribution in [1.29, 1.82) is 0 Å². The van der Waals surface area contributed by atoms with Gasteiger partial charge in [0.2, 0.25) is 5.96 Å². The lowest BCUT2D eigenvalue weighted by Gasteiger charge is -2.39. The van der Waals surface area contributed by atoms with E-state index in [0.717, 1.165) is 21.8 Å². The van der Waals surface area contributed by atoms with E-state index in [-0.39, 0.29) is 6.61 Å². The topological polar surface area (TPSA) is 85.8 Å². The van der Waals surface area contributed by atoms with Crippen LogP contribution < -0.4 is 4.90 Å². The fraction of sp³-hybridized carbons (Fsp3) is 0.400. The largest absolute Gasteiger partial charge is 0.465 e. The molecule has 2 unspecified atom stereocenters. The first-order valence-electron chi connectivity index (χ1n) is 9.48. The Kier molecular flexibility index (Phi) is 4.52. The maximum Gasteiger partial charge on any atom is 0.328 e. The minimum absolute atomic E-state index is 0.184. The van der Waals surface area contributed by atoms with Gasteiger partial charge in [-0.15, -0.1) is 0 Å². The van der Waals surface area contributed by atoms with Crippen molar-refractivity contribution in [2.24, 2.45) is 4.99 Å². The van der Waals surface area contributed by atoms with E-state index in [0.29, 0.717) is 5.96 Å². The standard InChI is InChI=1S/C20H23N5O4/c1-5-29-15(26)11-24-18(27)16-17(22(4)20(24)28)21-19-23(16)10-13(3)25(19)14-8-6-7-12(2)9-14/h6-10,16-17H,5,11H2,1-4H3. The van der Waals surface area contributed by atoms with E-state index < -0.39 is 36.7 Å². The lowest BCUT2D eigenvalue weighted by atomic mass is 10.1. The number of allylic oxidation sites excluding steroid dienone is 1. The second-order valence-corrected chi connectivity index (χ2v) is 7.26. The zero-order chi connectivity index (χ0) is 20.9. The molecule has 29 heavy (non-hydrogen) atoms. The molecule has 4 rings (SSSR count). The van der Waals surface area contributed by atoms with Crippen molar-refractivity contribution >= 4 is 29.6 Å². The van der Waals surface area contributed by atoms with Gasteiger partial charge >= 0.3 is 12.0 Å². The third-order valence-electron chi connectivity index (χ3n) is 5.24. The number of hydrogen-bond acceptors (Lipinski definition) is 7. The van der Waals surface area contributed by atoms with Gasteiger partial charge in [-0.3, -0.25) is 19.4 Å². The zero-order valence-electron chi connectivity index (χ0n) is 16.8. The van der Waals surface area contributed by atoms with Crippen molar-refractivity contribution in [3.63, 3.8) is 0 Å². The van der Waals surface area contributed by atoms with Crippen molar-refractivity contribution in [3.05, 3.63) is 41.7 Å². The number of urea groups is 1. The van der Waals surface area contributed by atoms with Crippen LogP contribution in [0.2, 0.25) is 0 Å². The monoisotopic (exact) mass is 397 g/mol. The number of imide groups is 1. The van der Waals surface area contributed by atoms with Gasteiger partial charge in [0.15, 0.2) is 12.2 Å². The maximum absolute atomic E-state index is 13.2. The van der Waals surface area contributed by atoms with Gasteiger partial charge in [0, 0.05) is 24.6 Å². The molecule has 3 heterocycles. The summed E-state index contributed by atoms with van der Waals surface area (Å²) in [4.78, 5) is 48.5. The third-order valence-corrected chi connectivity index (χ3v) is 5.24. The smallest absolute Gasteiger partial charge is 0.328 e. The summed E-state index contributed by atoms with van der Waals surface area (Å²) in [6, 6.07) is 6.71. The van der Waals surface area contributed by atoms with Gasteiger partial charge in [0.1, 0.15) is 6.54 Å². The molecule has 3 aliphatic rings. The summed E-state index contributed by atoms with van der Waals surface area (Å²) >= 11 is 0. The maximum atomic E-state index is 13.2. The minimum Gasteiger partial charge on any atom is -0.465 e. The van der Waals surface area contributed by atoms with Gasteiger partial charge in [-0.05, 0) is 38.5 Å². The van der Waals surface area contributed by atoms with Crippen molar-refractivity contribution < 1.29 is 19.1 Å². The van der Waals surface area contributed by atoms with Crippen LogP contribution in [0.4, 0.5) is 10.5 Å². The number of esters is 1. The van der Waals surface area contributed by atoms with Crippen LogP contribution in [-0.2, 0) is 14.3 Å². The number of ether oxygens (including phenoxy) is 1. The minimum atomic E-state index is -0.716. The van der Waals surface area contributed by atoms with E-state index in [9.17, 15) is 14.4 Å². The quantitative estimate of drug-likeness (QED) is 0.716. The number of hydrogen-bond donors (Lipinski definition) is 0. The van der Waals surface area contributed by atoms with Gasteiger partial charge < -0.3 is 14.5 Å². The summed E-state index contributed by atoms with van der Waals surface area (Å²) in [7, 11) is 1.59. The molecule has 9 heteroatoms. The van der Waals surface area contributed by atoms with Crippen LogP contribution in [0.1, 0.15) is 19.4 Å². The van der Waals surface area contributed by atoms with Crippen LogP contribution in [0.25, 0.3) is 0 Å². The molecule has 1 fully saturated rings. The fourth-order valence-electron chi connectivity index (χ4n) is 3.92. The first kappa shape index (κ1) is 19.0. The first-order chi connectivity index (χ1) is 13.8. The Morgan fingerprint density at radius 2 is 2.00 bits per heavy atom. The SMILES string of the molecule is CCOC(=O)CN1C(=O)C2C(N=C3N(c4cccc(C)c4)C(C)=CN32)N(C)C1=O. The summed E-state index contributed by atoms with van der Waals surface area (Å²) in [5.41, 5.74) is 2.95. The predicted octanol–water partition coefficient (Wildman–Crippen LogP) is 1.50. The Morgan fingerprint density at radius 3 is 2.69 bits per heavy atom. The molecule has 1 aromatic rings. The van der Waals surface area contributed by atoms with Crippen LogP contribution in [0.15, 0.2) is 41.2 Å². The zero-order valence-corrected chi connectivity index (χ0v) is 16.8. The second-order valence-electron chi connectivity index (χ2n) is 7.26. The summed E-state index contributed by atoms with van der Waals surface area (Å²) in [6.07, 6.45) is 1.20. The molecule has 0 saturated carbocycles. The van der Waals surface area contributed by atoms with Crippen LogP contribution in [0.3, 0.4) is 0 Å². The number of aliphatic imine (C=N–C) groups is 1. The highest BCUT2D eigenvalue weighted by molar-refractivity contribution is 6.10. The van der Waals surface area contributed by atoms with Crippen molar-refractivity contribution in [2.45, 2.75) is 33.0 Å². The number of rotatable bonds is 4. The van der Waals surface area contributed by atoms with Gasteiger partial charge in [0.05, 0.1) is 6.61 Å². The van der Waals surface area contributed by atoms with Crippen molar-refractivity contribution in [3.8, 4) is 0 Å². The molecule has 3 amide bonds. The second kappa shape index (κ2) is 6.91. The number of benzene rings is 1. The number of aryl methyl sites for hydroxylation is 1. The fourth-order valence-corrected chi connectivity index (χ4v) is 3.92. The Hall–Kier alpha value is -3.36. The van der Waals surface area contributed by atoms with Gasteiger partial charge in [-0.25, -0.2) is 9.79 Å². The number of anilines is 1. The van der Waals surface area contributed by atoms with E-state index in [1.165, 1.54) is 4.90 Å². The molecular weight excluding hydrogens is 374 g/mol. The molecular formula is C20H23N5O4. The predicted molar refractivity (Wildman–Crippen MR) is 106 cm³/mol. The number of amides is 3. The summed E-state index contributed by atoms with van der Waals surface area (Å²) in [5.74, 6) is -0.483. The van der Waals surface area contributed by atoms with E-state index in [1.807, 2.05) is 49.2 Å². The molecule has 0 bridgehead atoms. The summed E-state index contributed by atoms with van der Waals surface area (Å²) in [6.45, 7) is 5.40. The number of nitrogens with zero attached hydrogens (tertiary/aromatic N) is 5. The highest BCUT2D eigenvalue weighted by Crippen LogP contribution is 2.36. The van der Waals surface area contributed by atoms with Crippen molar-refractivity contribution in [2.75, 3.05) is 25.1 Å². The highest BCUT2D eigenvalue weighted by atomic mass is 16.5. The molecule has 0 aromatic heterocycles. The average molecular weight is 397 g/mol. The van der Waals surface area contributed by atoms with E-state index in [2.05, 4.69) is 0 Å². The van der Waals surface area contributed by atoms with Gasteiger partial charge in [0.25, 0.3) is 5.91 Å². The van der Waals surface area contributed by atoms with Crippen LogP contribution in [0, 0.1) is 6.92 Å². The first-order valence-corrected chi connectivity index (χ1v) is 9.48. The number of carbonyl (C=O) groups is 3. The molecule has 1 saturated heterocycles. The lowest BCUT2D eigenvalue weighted by molar-refractivity contribution is -0.150. The van der Waals surface area contributed by atoms with Crippen LogP contribution in [0.5, 0.6) is 0 Å². The van der Waals surface area contributed by atoms with E-state index in [1.54, 1.807) is 18.9 Å². The van der Waals surface area contributed by atoms with Crippen LogP contribution in [-0.4, -0.2) is 71.0 Å². The Bertz CT molecular complexity index is 956. The Balaban J connectivity index is 1.66. The molecule has 0 N–H and O–H groups in total. The molecule has 0 aliphatic carbocycles. The lowest BCUT2D eigenvalue weighted by Crippen LogP contribution is -2.65. The number of likely N-dealkylation sites (N-methyl/N-ethyl adjacent to an activating group) is 1. The summed E-state index contributed by atoms with van der Waals surface area (Å²) in [5, 5.41) is 0. The summed E-state index contributed by atoms with van der Waals surface area (Å²) < 4.78 is 4.91. The van der Waals surface area contributed by atoms with Gasteiger partial charge in [-0.2, -0.15) is 0 Å². The molecule has 2 atom stereocenters. The third kappa shape index (κ3) is 2.93. The number of carbonyl (C=O) groups excluding carboxylic acids is 3. The van der Waals surface area contributed by atoms with Crippen LogP contribution >= 0.6 is 0 Å². The molecule has 0 spiro atoms. The highest BCUT2D eigenvalue weighted by Gasteiger charge is 2.54.